The number of hydrogen-bond donors (Lipinski definition) is 2. The van der Waals surface area contributed by atoms with Crippen LogP contribution in [0.5, 0.6) is 0 Å². The van der Waals surface area contributed by atoms with Gasteiger partial charge in [0.05, 0.1) is 11.3 Å². The van der Waals surface area contributed by atoms with Crippen LogP contribution in [0.4, 0.5) is 0 Å². The van der Waals surface area contributed by atoms with E-state index in [9.17, 15) is 4.79 Å². The second-order valence-electron chi connectivity index (χ2n) is 4.82. The van der Waals surface area contributed by atoms with E-state index in [-0.39, 0.29) is 11.9 Å². The molecule has 2 N–H and O–H groups in total. The van der Waals surface area contributed by atoms with E-state index in [1.807, 2.05) is 14.0 Å². The molecule has 1 aromatic heterocycles. The van der Waals surface area contributed by atoms with Gasteiger partial charge in [0, 0.05) is 19.3 Å². The summed E-state index contributed by atoms with van der Waals surface area (Å²) in [5.74, 6) is 0.519. The Morgan fingerprint density at radius 2 is 2.47 bits per heavy atom. The predicted octanol–water partition coefficient (Wildman–Crippen LogP) is 0.456. The van der Waals surface area contributed by atoms with Gasteiger partial charge in [0.2, 0.25) is 0 Å². The molecule has 2 rings (SSSR count). The lowest BCUT2D eigenvalue weighted by Gasteiger charge is -2.19. The lowest BCUT2D eigenvalue weighted by Crippen LogP contribution is -2.39. The van der Waals surface area contributed by atoms with E-state index in [4.69, 9.17) is 0 Å². The van der Waals surface area contributed by atoms with Gasteiger partial charge in [0.25, 0.3) is 5.91 Å². The van der Waals surface area contributed by atoms with E-state index >= 15 is 0 Å². The third-order valence-corrected chi connectivity index (χ3v) is 3.42. The largest absolute Gasteiger partial charge is 0.349 e. The first kappa shape index (κ1) is 12.1. The number of rotatable bonds is 3. The lowest BCUT2D eigenvalue weighted by molar-refractivity contribution is 0.0928. The number of aryl methyl sites for hydroxylation is 2. The van der Waals surface area contributed by atoms with E-state index in [0.717, 1.165) is 25.2 Å². The van der Waals surface area contributed by atoms with Crippen LogP contribution in [0, 0.1) is 12.8 Å². The minimum atomic E-state index is -0.0185. The van der Waals surface area contributed by atoms with Crippen molar-refractivity contribution >= 4 is 5.91 Å². The van der Waals surface area contributed by atoms with Crippen molar-refractivity contribution in [3.63, 3.8) is 0 Å². The van der Waals surface area contributed by atoms with Crippen LogP contribution in [0.15, 0.2) is 6.20 Å². The Kier molecular flexibility index (Phi) is 3.47. The molecule has 0 aromatic carbocycles. The fraction of sp³-hybridized carbons (Fsp3) is 0.667. The minimum Gasteiger partial charge on any atom is -0.349 e. The zero-order valence-electron chi connectivity index (χ0n) is 10.7. The Hall–Kier alpha value is -1.36. The van der Waals surface area contributed by atoms with Gasteiger partial charge in [-0.2, -0.15) is 5.10 Å². The minimum absolute atomic E-state index is 0.0185. The van der Waals surface area contributed by atoms with Crippen molar-refractivity contribution in [2.45, 2.75) is 26.3 Å². The maximum Gasteiger partial charge on any atom is 0.254 e. The van der Waals surface area contributed by atoms with Crippen LogP contribution in [0.25, 0.3) is 0 Å². The molecule has 1 fully saturated rings. The van der Waals surface area contributed by atoms with Crippen molar-refractivity contribution in [3.05, 3.63) is 17.5 Å². The SMILES string of the molecule is Cc1nn(C)cc1C(=O)NC(C)C1CCNC1. The van der Waals surface area contributed by atoms with E-state index < -0.39 is 0 Å². The highest BCUT2D eigenvalue weighted by Crippen LogP contribution is 2.13. The number of nitrogens with zero attached hydrogens (tertiary/aromatic N) is 2. The number of nitrogens with one attached hydrogen (secondary N) is 2. The monoisotopic (exact) mass is 236 g/mol. The molecule has 1 amide bonds. The summed E-state index contributed by atoms with van der Waals surface area (Å²) >= 11 is 0. The number of aromatic nitrogens is 2. The van der Waals surface area contributed by atoms with Gasteiger partial charge < -0.3 is 10.6 Å². The first-order valence-electron chi connectivity index (χ1n) is 6.09. The van der Waals surface area contributed by atoms with E-state index in [2.05, 4.69) is 22.7 Å². The summed E-state index contributed by atoms with van der Waals surface area (Å²) in [7, 11) is 1.83. The summed E-state index contributed by atoms with van der Waals surface area (Å²) in [6.45, 7) is 5.97. The quantitative estimate of drug-likeness (QED) is 0.801. The number of carbonyl (C=O) groups excluding carboxylic acids is 1. The lowest BCUT2D eigenvalue weighted by atomic mass is 10.0. The van der Waals surface area contributed by atoms with Gasteiger partial charge in [0.15, 0.2) is 0 Å². The molecule has 17 heavy (non-hydrogen) atoms. The van der Waals surface area contributed by atoms with Gasteiger partial charge in [-0.05, 0) is 39.3 Å². The van der Waals surface area contributed by atoms with Crippen molar-refractivity contribution in [2.24, 2.45) is 13.0 Å². The van der Waals surface area contributed by atoms with E-state index in [1.54, 1.807) is 10.9 Å². The number of amides is 1. The zero-order valence-corrected chi connectivity index (χ0v) is 10.7. The average Bonchev–Trinajstić information content (AvgIpc) is 2.87. The molecule has 1 aliphatic rings. The highest BCUT2D eigenvalue weighted by molar-refractivity contribution is 5.95. The van der Waals surface area contributed by atoms with Crippen molar-refractivity contribution in [2.75, 3.05) is 13.1 Å². The molecule has 0 spiro atoms. The summed E-state index contributed by atoms with van der Waals surface area (Å²) in [6, 6.07) is 0.206. The van der Waals surface area contributed by atoms with Gasteiger partial charge >= 0.3 is 0 Å². The Bertz CT molecular complexity index is 407. The highest BCUT2D eigenvalue weighted by atomic mass is 16.1. The topological polar surface area (TPSA) is 59.0 Å². The van der Waals surface area contributed by atoms with Crippen LogP contribution < -0.4 is 10.6 Å². The third-order valence-electron chi connectivity index (χ3n) is 3.42. The molecule has 2 atom stereocenters. The Morgan fingerprint density at radius 3 is 3.00 bits per heavy atom. The molecule has 0 bridgehead atoms. The van der Waals surface area contributed by atoms with E-state index in [0.29, 0.717) is 11.5 Å². The summed E-state index contributed by atoms with van der Waals surface area (Å²) in [5, 5.41) is 10.6. The van der Waals surface area contributed by atoms with Crippen LogP contribution in [0.3, 0.4) is 0 Å². The van der Waals surface area contributed by atoms with E-state index in [1.165, 1.54) is 0 Å². The molecule has 0 aliphatic carbocycles. The van der Waals surface area contributed by atoms with Gasteiger partial charge in [-0.15, -0.1) is 0 Å². The predicted molar refractivity (Wildman–Crippen MR) is 65.8 cm³/mol. The molecule has 5 heteroatoms. The molecule has 2 unspecified atom stereocenters. The first-order valence-corrected chi connectivity index (χ1v) is 6.09. The highest BCUT2D eigenvalue weighted by Gasteiger charge is 2.23. The van der Waals surface area contributed by atoms with Crippen LogP contribution in [0.2, 0.25) is 0 Å². The molecule has 2 heterocycles. The molecule has 0 saturated carbocycles. The fourth-order valence-electron chi connectivity index (χ4n) is 2.33. The van der Waals surface area contributed by atoms with Gasteiger partial charge in [-0.1, -0.05) is 0 Å². The molecule has 94 valence electrons. The molecule has 0 radical (unpaired) electrons. The van der Waals surface area contributed by atoms with Gasteiger partial charge in [0.1, 0.15) is 0 Å². The van der Waals surface area contributed by atoms with Crippen LogP contribution >= 0.6 is 0 Å². The smallest absolute Gasteiger partial charge is 0.254 e. The van der Waals surface area contributed by atoms with Gasteiger partial charge in [-0.3, -0.25) is 9.48 Å². The van der Waals surface area contributed by atoms with Crippen molar-refractivity contribution in [3.8, 4) is 0 Å². The summed E-state index contributed by atoms with van der Waals surface area (Å²) in [5.41, 5.74) is 1.45. The molecule has 1 saturated heterocycles. The normalized spacial score (nSPS) is 21.5. The standard InChI is InChI=1S/C12H20N4O/c1-8(10-4-5-13-6-10)14-12(17)11-7-16(3)15-9(11)2/h7-8,10,13H,4-6H2,1-3H3,(H,14,17). The van der Waals surface area contributed by atoms with Crippen molar-refractivity contribution < 1.29 is 4.79 Å². The maximum absolute atomic E-state index is 12.1. The van der Waals surface area contributed by atoms with Crippen LogP contribution in [0.1, 0.15) is 29.4 Å². The molecular weight excluding hydrogens is 216 g/mol. The van der Waals surface area contributed by atoms with Crippen LogP contribution in [-0.4, -0.2) is 34.8 Å². The molecule has 1 aromatic rings. The Morgan fingerprint density at radius 1 is 1.71 bits per heavy atom. The molecule has 1 aliphatic heterocycles. The second-order valence-corrected chi connectivity index (χ2v) is 4.82. The fourth-order valence-corrected chi connectivity index (χ4v) is 2.33. The molecule has 5 nitrogen and oxygen atoms in total. The maximum atomic E-state index is 12.1. The first-order chi connectivity index (χ1) is 8.08. The summed E-state index contributed by atoms with van der Waals surface area (Å²) in [4.78, 5) is 12.1. The second kappa shape index (κ2) is 4.87. The molecular formula is C12H20N4O. The average molecular weight is 236 g/mol. The zero-order chi connectivity index (χ0) is 12.4. The van der Waals surface area contributed by atoms with Crippen molar-refractivity contribution in [1.82, 2.24) is 20.4 Å². The Balaban J connectivity index is 1.98. The van der Waals surface area contributed by atoms with Crippen LogP contribution in [-0.2, 0) is 7.05 Å². The summed E-state index contributed by atoms with van der Waals surface area (Å²) in [6.07, 6.45) is 2.90. The summed E-state index contributed by atoms with van der Waals surface area (Å²) < 4.78 is 1.67. The Labute approximate surface area is 102 Å². The number of carbonyl (C=O) groups is 1. The van der Waals surface area contributed by atoms with Gasteiger partial charge in [-0.25, -0.2) is 0 Å². The number of hydrogen-bond acceptors (Lipinski definition) is 3. The van der Waals surface area contributed by atoms with Crippen molar-refractivity contribution in [1.29, 1.82) is 0 Å². The third kappa shape index (κ3) is 2.66.